The minimum atomic E-state index is -0.541. The molecule has 0 bridgehead atoms. The number of carbonyl (C=O) groups is 2. The van der Waals surface area contributed by atoms with Gasteiger partial charge in [-0.15, -0.1) is 0 Å². The Kier molecular flexibility index (Phi) is 4.45. The average Bonchev–Trinajstić information content (AvgIpc) is 2.67. The number of ether oxygens (including phenoxy) is 2. The third-order valence-corrected chi connectivity index (χ3v) is 1.95. The fourth-order valence-corrected chi connectivity index (χ4v) is 1.17. The Balaban J connectivity index is 2.97. The number of carbonyl (C=O) groups excluding carboxylic acids is 2. The molecule has 1 aromatic heterocycles. The van der Waals surface area contributed by atoms with E-state index in [1.165, 1.54) is 13.2 Å². The minimum absolute atomic E-state index is 0.215. The molecule has 6 heteroatoms. The van der Waals surface area contributed by atoms with Crippen LogP contribution >= 0.6 is 0 Å². The van der Waals surface area contributed by atoms with Gasteiger partial charge in [-0.05, 0) is 19.9 Å². The minimum Gasteiger partial charge on any atom is -0.466 e. The summed E-state index contributed by atoms with van der Waals surface area (Å²) in [6.07, 6.45) is 2.49. The first-order valence-electron chi connectivity index (χ1n) is 4.99. The molecule has 0 aliphatic rings. The van der Waals surface area contributed by atoms with Crippen LogP contribution in [0.3, 0.4) is 0 Å². The Bertz CT molecular complexity index is 447. The van der Waals surface area contributed by atoms with Crippen molar-refractivity contribution in [1.82, 2.24) is 5.16 Å². The molecule has 17 heavy (non-hydrogen) atoms. The van der Waals surface area contributed by atoms with E-state index in [4.69, 9.17) is 9.26 Å². The standard InChI is InChI=1S/C11H13NO5/c1-4-16-11(14)10-7(2)17-12-8(10)5-6-9(13)15-3/h5-6H,4H2,1-3H3/b6-5+. The van der Waals surface area contributed by atoms with Gasteiger partial charge >= 0.3 is 11.9 Å². The summed E-state index contributed by atoms with van der Waals surface area (Å²) >= 11 is 0. The largest absolute Gasteiger partial charge is 0.466 e. The predicted octanol–water partition coefficient (Wildman–Crippen LogP) is 1.35. The molecule has 0 amide bonds. The molecule has 1 heterocycles. The van der Waals surface area contributed by atoms with Crippen LogP contribution in [-0.2, 0) is 14.3 Å². The number of esters is 2. The Hall–Kier alpha value is -2.11. The highest BCUT2D eigenvalue weighted by molar-refractivity contribution is 5.95. The van der Waals surface area contributed by atoms with Gasteiger partial charge in [-0.1, -0.05) is 5.16 Å². The molecule has 0 unspecified atom stereocenters. The van der Waals surface area contributed by atoms with E-state index in [-0.39, 0.29) is 17.9 Å². The Morgan fingerprint density at radius 3 is 2.76 bits per heavy atom. The second kappa shape index (κ2) is 5.83. The molecule has 92 valence electrons. The summed E-state index contributed by atoms with van der Waals surface area (Å²) in [7, 11) is 1.26. The molecule has 0 aliphatic heterocycles. The summed E-state index contributed by atoms with van der Waals surface area (Å²) in [4.78, 5) is 22.5. The fourth-order valence-electron chi connectivity index (χ4n) is 1.17. The highest BCUT2D eigenvalue weighted by atomic mass is 16.5. The van der Waals surface area contributed by atoms with E-state index in [1.807, 2.05) is 0 Å². The summed E-state index contributed by atoms with van der Waals surface area (Å²) < 4.78 is 14.2. The number of nitrogens with zero attached hydrogens (tertiary/aromatic N) is 1. The first kappa shape index (κ1) is 13.0. The number of aromatic nitrogens is 1. The molecule has 0 saturated carbocycles. The van der Waals surface area contributed by atoms with Gasteiger partial charge in [0.05, 0.1) is 13.7 Å². The van der Waals surface area contributed by atoms with Crippen LogP contribution < -0.4 is 0 Å². The Morgan fingerprint density at radius 1 is 1.47 bits per heavy atom. The summed E-state index contributed by atoms with van der Waals surface area (Å²) in [5, 5.41) is 3.65. The predicted molar refractivity (Wildman–Crippen MR) is 58.2 cm³/mol. The summed E-state index contributed by atoms with van der Waals surface area (Å²) in [6.45, 7) is 3.54. The van der Waals surface area contributed by atoms with E-state index in [9.17, 15) is 9.59 Å². The molecule has 0 fully saturated rings. The lowest BCUT2D eigenvalue weighted by Crippen LogP contribution is -2.06. The second-order valence-electron chi connectivity index (χ2n) is 3.08. The molecule has 6 nitrogen and oxygen atoms in total. The lowest BCUT2D eigenvalue weighted by molar-refractivity contribution is -0.134. The van der Waals surface area contributed by atoms with Crippen LogP contribution in [0.1, 0.15) is 28.7 Å². The van der Waals surface area contributed by atoms with Crippen LogP contribution in [0.5, 0.6) is 0 Å². The van der Waals surface area contributed by atoms with Gasteiger partial charge in [-0.2, -0.15) is 0 Å². The van der Waals surface area contributed by atoms with Crippen molar-refractivity contribution in [3.63, 3.8) is 0 Å². The normalized spacial score (nSPS) is 10.5. The number of methoxy groups -OCH3 is 1. The molecular weight excluding hydrogens is 226 g/mol. The molecule has 0 spiro atoms. The molecule has 0 saturated heterocycles. The molecule has 1 aromatic rings. The number of hydrogen-bond acceptors (Lipinski definition) is 6. The van der Waals surface area contributed by atoms with Crippen molar-refractivity contribution in [2.75, 3.05) is 13.7 Å². The molecule has 0 aliphatic carbocycles. The van der Waals surface area contributed by atoms with Crippen LogP contribution in [-0.4, -0.2) is 30.8 Å². The van der Waals surface area contributed by atoms with E-state index < -0.39 is 11.9 Å². The molecule has 0 aromatic carbocycles. The van der Waals surface area contributed by atoms with Crippen LogP contribution in [0, 0.1) is 6.92 Å². The van der Waals surface area contributed by atoms with Crippen LogP contribution in [0.15, 0.2) is 10.6 Å². The second-order valence-corrected chi connectivity index (χ2v) is 3.08. The van der Waals surface area contributed by atoms with Crippen molar-refractivity contribution in [2.45, 2.75) is 13.8 Å². The van der Waals surface area contributed by atoms with Gasteiger partial charge in [0, 0.05) is 6.08 Å². The molecule has 1 rings (SSSR count). The van der Waals surface area contributed by atoms with Gasteiger partial charge in [0.15, 0.2) is 0 Å². The molecular formula is C11H13NO5. The van der Waals surface area contributed by atoms with Crippen LogP contribution in [0.2, 0.25) is 0 Å². The SMILES string of the molecule is CCOC(=O)c1c(/C=C/C(=O)OC)noc1C. The fraction of sp³-hybridized carbons (Fsp3) is 0.364. The summed E-state index contributed by atoms with van der Waals surface area (Å²) in [5.41, 5.74) is 0.457. The van der Waals surface area contributed by atoms with Gasteiger partial charge in [-0.25, -0.2) is 9.59 Å². The number of hydrogen-bond donors (Lipinski definition) is 0. The van der Waals surface area contributed by atoms with Gasteiger partial charge in [0.25, 0.3) is 0 Å². The van der Waals surface area contributed by atoms with Crippen molar-refractivity contribution in [1.29, 1.82) is 0 Å². The third kappa shape index (κ3) is 3.17. The van der Waals surface area contributed by atoms with Crippen molar-refractivity contribution in [3.05, 3.63) is 23.1 Å². The van der Waals surface area contributed by atoms with E-state index >= 15 is 0 Å². The number of rotatable bonds is 4. The zero-order valence-electron chi connectivity index (χ0n) is 9.85. The first-order valence-corrected chi connectivity index (χ1v) is 4.99. The lowest BCUT2D eigenvalue weighted by atomic mass is 10.2. The van der Waals surface area contributed by atoms with Crippen molar-refractivity contribution >= 4 is 18.0 Å². The maximum atomic E-state index is 11.6. The van der Waals surface area contributed by atoms with Crippen LogP contribution in [0.25, 0.3) is 6.08 Å². The van der Waals surface area contributed by atoms with E-state index in [1.54, 1.807) is 13.8 Å². The third-order valence-electron chi connectivity index (χ3n) is 1.95. The highest BCUT2D eigenvalue weighted by Crippen LogP contribution is 2.16. The average molecular weight is 239 g/mol. The maximum Gasteiger partial charge on any atom is 0.344 e. The van der Waals surface area contributed by atoms with E-state index in [2.05, 4.69) is 9.89 Å². The maximum absolute atomic E-state index is 11.6. The van der Waals surface area contributed by atoms with E-state index in [0.29, 0.717) is 5.76 Å². The highest BCUT2D eigenvalue weighted by Gasteiger charge is 2.19. The molecule has 0 N–H and O–H groups in total. The van der Waals surface area contributed by atoms with Gasteiger partial charge < -0.3 is 14.0 Å². The van der Waals surface area contributed by atoms with Gasteiger partial charge in [-0.3, -0.25) is 0 Å². The summed E-state index contributed by atoms with van der Waals surface area (Å²) in [5.74, 6) is -0.732. The zero-order chi connectivity index (χ0) is 12.8. The summed E-state index contributed by atoms with van der Waals surface area (Å²) in [6, 6.07) is 0. The zero-order valence-corrected chi connectivity index (χ0v) is 9.85. The monoisotopic (exact) mass is 239 g/mol. The molecule has 0 atom stereocenters. The molecule has 0 radical (unpaired) electrons. The van der Waals surface area contributed by atoms with Crippen molar-refractivity contribution in [2.24, 2.45) is 0 Å². The van der Waals surface area contributed by atoms with E-state index in [0.717, 1.165) is 6.08 Å². The smallest absolute Gasteiger partial charge is 0.344 e. The Morgan fingerprint density at radius 2 is 2.18 bits per heavy atom. The quantitative estimate of drug-likeness (QED) is 0.582. The van der Waals surface area contributed by atoms with Crippen LogP contribution in [0.4, 0.5) is 0 Å². The van der Waals surface area contributed by atoms with Crippen molar-refractivity contribution < 1.29 is 23.6 Å². The Labute approximate surface area is 98.2 Å². The topological polar surface area (TPSA) is 78.6 Å². The first-order chi connectivity index (χ1) is 8.10. The van der Waals surface area contributed by atoms with Gasteiger partial charge in [0.2, 0.25) is 0 Å². The van der Waals surface area contributed by atoms with Crippen molar-refractivity contribution in [3.8, 4) is 0 Å². The number of aryl methyl sites for hydroxylation is 1. The van der Waals surface area contributed by atoms with Gasteiger partial charge in [0.1, 0.15) is 17.0 Å². The lowest BCUT2D eigenvalue weighted by Gasteiger charge is -1.99.